The topological polar surface area (TPSA) is 29.1 Å². The van der Waals surface area contributed by atoms with E-state index >= 15 is 0 Å². The van der Waals surface area contributed by atoms with Gasteiger partial charge in [-0.1, -0.05) is 60.7 Å². The average Bonchev–Trinajstić information content (AvgIpc) is 2.46. The molecular formula is C17H17NO. The van der Waals surface area contributed by atoms with E-state index in [1.54, 1.807) is 14.0 Å². The van der Waals surface area contributed by atoms with Crippen molar-refractivity contribution in [2.45, 2.75) is 6.92 Å². The lowest BCUT2D eigenvalue weighted by atomic mass is 9.95. The Bertz CT molecular complexity index is 544. The number of benzene rings is 2. The summed E-state index contributed by atoms with van der Waals surface area (Å²) in [7, 11) is 1.78. The predicted molar refractivity (Wildman–Crippen MR) is 78.6 cm³/mol. The Labute approximate surface area is 113 Å². The summed E-state index contributed by atoms with van der Waals surface area (Å²) in [5.74, 6) is 0.0326. The molecule has 0 aromatic heterocycles. The minimum absolute atomic E-state index is 0.0326. The van der Waals surface area contributed by atoms with Crippen LogP contribution in [0.15, 0.2) is 66.4 Å². The molecule has 0 spiro atoms. The summed E-state index contributed by atoms with van der Waals surface area (Å²) in [6.07, 6.45) is 0. The number of hydrogen-bond donors (Lipinski definition) is 1. The van der Waals surface area contributed by atoms with Gasteiger partial charge in [-0.25, -0.2) is 0 Å². The first-order chi connectivity index (χ1) is 9.24. The molecule has 2 aromatic rings. The van der Waals surface area contributed by atoms with Gasteiger partial charge < -0.3 is 5.32 Å². The Morgan fingerprint density at radius 1 is 0.842 bits per heavy atom. The van der Waals surface area contributed by atoms with Crippen LogP contribution in [-0.4, -0.2) is 12.8 Å². The van der Waals surface area contributed by atoms with E-state index in [9.17, 15) is 4.79 Å². The van der Waals surface area contributed by atoms with Crippen LogP contribution >= 0.6 is 0 Å². The van der Waals surface area contributed by atoms with Gasteiger partial charge in [-0.15, -0.1) is 0 Å². The molecule has 96 valence electrons. The quantitative estimate of drug-likeness (QED) is 0.845. The molecule has 2 aromatic carbocycles. The third kappa shape index (κ3) is 2.91. The standard InChI is InChI=1S/C17H17NO/c1-13(19)17(18-2)16(14-9-5-3-6-10-14)15-11-7-4-8-12-15/h3-12,18H,1-2H3. The van der Waals surface area contributed by atoms with Crippen molar-refractivity contribution >= 4 is 11.4 Å². The van der Waals surface area contributed by atoms with Gasteiger partial charge in [0.15, 0.2) is 5.78 Å². The van der Waals surface area contributed by atoms with Crippen molar-refractivity contribution in [3.63, 3.8) is 0 Å². The van der Waals surface area contributed by atoms with Gasteiger partial charge in [0.1, 0.15) is 0 Å². The molecule has 19 heavy (non-hydrogen) atoms. The van der Waals surface area contributed by atoms with Crippen LogP contribution in [0.5, 0.6) is 0 Å². The molecular weight excluding hydrogens is 234 g/mol. The van der Waals surface area contributed by atoms with Crippen LogP contribution in [-0.2, 0) is 4.79 Å². The molecule has 2 heteroatoms. The number of likely N-dealkylation sites (N-methyl/N-ethyl adjacent to an activating group) is 1. The zero-order chi connectivity index (χ0) is 13.7. The maximum Gasteiger partial charge on any atom is 0.176 e. The van der Waals surface area contributed by atoms with Crippen LogP contribution in [0, 0.1) is 0 Å². The molecule has 0 amide bonds. The van der Waals surface area contributed by atoms with Crippen molar-refractivity contribution in [3.8, 4) is 0 Å². The fourth-order valence-electron chi connectivity index (χ4n) is 2.14. The molecule has 0 heterocycles. The fraction of sp³-hybridized carbons (Fsp3) is 0.118. The number of hydrogen-bond acceptors (Lipinski definition) is 2. The zero-order valence-corrected chi connectivity index (χ0v) is 11.2. The molecule has 0 fully saturated rings. The third-order valence-corrected chi connectivity index (χ3v) is 2.98. The number of nitrogens with one attached hydrogen (secondary N) is 1. The molecule has 0 saturated carbocycles. The van der Waals surface area contributed by atoms with Gasteiger partial charge in [0.05, 0.1) is 5.70 Å². The highest BCUT2D eigenvalue weighted by Gasteiger charge is 2.13. The van der Waals surface area contributed by atoms with Crippen molar-refractivity contribution in [2.75, 3.05) is 7.05 Å². The average molecular weight is 251 g/mol. The summed E-state index contributed by atoms with van der Waals surface area (Å²) in [6, 6.07) is 19.9. The van der Waals surface area contributed by atoms with E-state index in [4.69, 9.17) is 0 Å². The summed E-state index contributed by atoms with van der Waals surface area (Å²) in [4.78, 5) is 11.8. The summed E-state index contributed by atoms with van der Waals surface area (Å²) in [5.41, 5.74) is 3.65. The number of allylic oxidation sites excluding steroid dienone is 1. The van der Waals surface area contributed by atoms with Gasteiger partial charge in [-0.05, 0) is 11.1 Å². The van der Waals surface area contributed by atoms with Crippen LogP contribution < -0.4 is 5.32 Å². The van der Waals surface area contributed by atoms with Gasteiger partial charge in [0.2, 0.25) is 0 Å². The van der Waals surface area contributed by atoms with E-state index in [0.717, 1.165) is 16.7 Å². The normalized spacial score (nSPS) is 9.79. The van der Waals surface area contributed by atoms with Crippen molar-refractivity contribution in [2.24, 2.45) is 0 Å². The Hall–Kier alpha value is -2.35. The molecule has 0 aliphatic heterocycles. The molecule has 0 saturated heterocycles. The van der Waals surface area contributed by atoms with E-state index in [0.29, 0.717) is 5.70 Å². The van der Waals surface area contributed by atoms with E-state index in [1.807, 2.05) is 60.7 Å². The van der Waals surface area contributed by atoms with Gasteiger partial charge >= 0.3 is 0 Å². The number of Topliss-reactive ketones (excluding diaryl/α,β-unsaturated/α-hetero) is 1. The maximum absolute atomic E-state index is 11.8. The summed E-state index contributed by atoms with van der Waals surface area (Å²) >= 11 is 0. The van der Waals surface area contributed by atoms with E-state index < -0.39 is 0 Å². The Morgan fingerprint density at radius 2 is 1.26 bits per heavy atom. The number of ketones is 1. The van der Waals surface area contributed by atoms with Crippen molar-refractivity contribution in [3.05, 3.63) is 77.5 Å². The SMILES string of the molecule is CNC(C(C)=O)=C(c1ccccc1)c1ccccc1. The van der Waals surface area contributed by atoms with Crippen LogP contribution in [0.1, 0.15) is 18.1 Å². The van der Waals surface area contributed by atoms with Crippen LogP contribution in [0.4, 0.5) is 0 Å². The van der Waals surface area contributed by atoms with E-state index in [1.165, 1.54) is 0 Å². The third-order valence-electron chi connectivity index (χ3n) is 2.98. The van der Waals surface area contributed by atoms with Crippen molar-refractivity contribution in [1.82, 2.24) is 5.32 Å². The zero-order valence-electron chi connectivity index (χ0n) is 11.2. The number of carbonyl (C=O) groups excluding carboxylic acids is 1. The molecule has 0 aliphatic rings. The molecule has 2 rings (SSSR count). The van der Waals surface area contributed by atoms with Gasteiger partial charge in [-0.2, -0.15) is 0 Å². The van der Waals surface area contributed by atoms with Crippen LogP contribution in [0.3, 0.4) is 0 Å². The Morgan fingerprint density at radius 3 is 1.58 bits per heavy atom. The maximum atomic E-state index is 11.8. The second kappa shape index (κ2) is 6.01. The lowest BCUT2D eigenvalue weighted by Crippen LogP contribution is -2.16. The highest BCUT2D eigenvalue weighted by atomic mass is 16.1. The Kier molecular flexibility index (Phi) is 4.14. The van der Waals surface area contributed by atoms with Crippen molar-refractivity contribution in [1.29, 1.82) is 0 Å². The lowest BCUT2D eigenvalue weighted by molar-refractivity contribution is -0.113. The predicted octanol–water partition coefficient (Wildman–Crippen LogP) is 3.25. The smallest absolute Gasteiger partial charge is 0.176 e. The molecule has 2 nitrogen and oxygen atoms in total. The summed E-state index contributed by atoms with van der Waals surface area (Å²) < 4.78 is 0. The molecule has 0 unspecified atom stereocenters. The summed E-state index contributed by atoms with van der Waals surface area (Å²) in [5, 5.41) is 3.03. The van der Waals surface area contributed by atoms with Gasteiger partial charge in [-0.3, -0.25) is 4.79 Å². The first kappa shape index (κ1) is 13.1. The molecule has 0 atom stereocenters. The first-order valence-electron chi connectivity index (χ1n) is 6.28. The second-order valence-electron chi connectivity index (χ2n) is 4.29. The monoisotopic (exact) mass is 251 g/mol. The highest BCUT2D eigenvalue weighted by molar-refractivity contribution is 6.03. The van der Waals surface area contributed by atoms with E-state index in [2.05, 4.69) is 5.32 Å². The molecule has 1 N–H and O–H groups in total. The first-order valence-corrected chi connectivity index (χ1v) is 6.28. The van der Waals surface area contributed by atoms with Crippen molar-refractivity contribution < 1.29 is 4.79 Å². The Balaban J connectivity index is 2.68. The van der Waals surface area contributed by atoms with E-state index in [-0.39, 0.29) is 5.78 Å². The number of rotatable bonds is 4. The van der Waals surface area contributed by atoms with Gasteiger partial charge in [0, 0.05) is 19.5 Å². The lowest BCUT2D eigenvalue weighted by Gasteiger charge is -2.14. The minimum atomic E-state index is 0.0326. The fourth-order valence-corrected chi connectivity index (χ4v) is 2.14. The highest BCUT2D eigenvalue weighted by Crippen LogP contribution is 2.26. The summed E-state index contributed by atoms with van der Waals surface area (Å²) in [6.45, 7) is 1.58. The number of carbonyl (C=O) groups is 1. The van der Waals surface area contributed by atoms with Crippen LogP contribution in [0.2, 0.25) is 0 Å². The van der Waals surface area contributed by atoms with Gasteiger partial charge in [0.25, 0.3) is 0 Å². The molecule has 0 aliphatic carbocycles. The van der Waals surface area contributed by atoms with Crippen LogP contribution in [0.25, 0.3) is 5.57 Å². The second-order valence-corrected chi connectivity index (χ2v) is 4.29. The largest absolute Gasteiger partial charge is 0.385 e. The molecule has 0 radical (unpaired) electrons. The minimum Gasteiger partial charge on any atom is -0.385 e. The molecule has 0 bridgehead atoms.